The van der Waals surface area contributed by atoms with Gasteiger partial charge in [0, 0.05) is 37.4 Å². The molecule has 1 fully saturated rings. The first-order chi connectivity index (χ1) is 16.4. The summed E-state index contributed by atoms with van der Waals surface area (Å²) >= 11 is 0. The highest BCUT2D eigenvalue weighted by Crippen LogP contribution is 2.25. The zero-order valence-corrected chi connectivity index (χ0v) is 19.4. The first-order valence-corrected chi connectivity index (χ1v) is 11.3. The molecule has 0 bridgehead atoms. The van der Waals surface area contributed by atoms with E-state index in [1.165, 1.54) is 0 Å². The molecule has 3 rings (SSSR count). The molecule has 2 aromatic rings. The zero-order valence-electron chi connectivity index (χ0n) is 19.4. The molecule has 1 unspecified atom stereocenters. The summed E-state index contributed by atoms with van der Waals surface area (Å²) in [6.07, 6.45) is 0.623. The van der Waals surface area contributed by atoms with E-state index in [1.807, 2.05) is 38.1 Å². The Morgan fingerprint density at radius 3 is 2.32 bits per heavy atom. The van der Waals surface area contributed by atoms with Crippen LogP contribution < -0.4 is 25.6 Å². The normalized spacial score (nSPS) is 15.1. The number of rotatable bonds is 9. The standard InChI is InChI=1S/C25H30N4O5/c1-3-34-21-11-7-19(8-12-21)28-25(33)24(32)27-14-4-13-26-23(31)18-15-22(30)29(16-18)20-9-5-17(2)6-10-20/h5-12,18H,3-4,13-16H2,1-2H3,(H,26,31)(H,27,32)(H,28,33). The van der Waals surface area contributed by atoms with Gasteiger partial charge in [-0.2, -0.15) is 0 Å². The average molecular weight is 467 g/mol. The van der Waals surface area contributed by atoms with Crippen LogP contribution in [-0.4, -0.2) is 49.9 Å². The van der Waals surface area contributed by atoms with Gasteiger partial charge in [0.15, 0.2) is 0 Å². The van der Waals surface area contributed by atoms with Gasteiger partial charge in [-0.3, -0.25) is 19.2 Å². The molecular formula is C25H30N4O5. The lowest BCUT2D eigenvalue weighted by Crippen LogP contribution is -2.38. The SMILES string of the molecule is CCOc1ccc(NC(=O)C(=O)NCCCNC(=O)C2CC(=O)N(c3ccc(C)cc3)C2)cc1. The minimum Gasteiger partial charge on any atom is -0.494 e. The quantitative estimate of drug-likeness (QED) is 0.386. The summed E-state index contributed by atoms with van der Waals surface area (Å²) in [5.41, 5.74) is 2.38. The van der Waals surface area contributed by atoms with Gasteiger partial charge in [-0.1, -0.05) is 17.7 Å². The molecule has 1 atom stereocenters. The molecule has 4 amide bonds. The lowest BCUT2D eigenvalue weighted by atomic mass is 10.1. The molecule has 1 aliphatic heterocycles. The van der Waals surface area contributed by atoms with Crippen LogP contribution in [0.15, 0.2) is 48.5 Å². The maximum Gasteiger partial charge on any atom is 0.313 e. The second-order valence-corrected chi connectivity index (χ2v) is 8.05. The highest BCUT2D eigenvalue weighted by atomic mass is 16.5. The van der Waals surface area contributed by atoms with Crippen LogP contribution in [0.5, 0.6) is 5.75 Å². The fourth-order valence-electron chi connectivity index (χ4n) is 3.57. The molecule has 9 heteroatoms. The number of ether oxygens (including phenoxy) is 1. The van der Waals surface area contributed by atoms with Crippen LogP contribution in [0.2, 0.25) is 0 Å². The van der Waals surface area contributed by atoms with Crippen molar-refractivity contribution in [1.29, 1.82) is 0 Å². The highest BCUT2D eigenvalue weighted by Gasteiger charge is 2.34. The number of carbonyl (C=O) groups is 4. The number of carbonyl (C=O) groups excluding carboxylic acids is 4. The van der Waals surface area contributed by atoms with Crippen molar-refractivity contribution in [3.05, 3.63) is 54.1 Å². The molecule has 1 heterocycles. The third kappa shape index (κ3) is 6.81. The lowest BCUT2D eigenvalue weighted by molar-refractivity contribution is -0.136. The fourth-order valence-corrected chi connectivity index (χ4v) is 3.57. The van der Waals surface area contributed by atoms with Crippen molar-refractivity contribution in [3.8, 4) is 5.75 Å². The number of hydrogen-bond donors (Lipinski definition) is 3. The summed E-state index contributed by atoms with van der Waals surface area (Å²) in [5, 5.41) is 7.85. The first-order valence-electron chi connectivity index (χ1n) is 11.3. The Hall–Kier alpha value is -3.88. The third-order valence-electron chi connectivity index (χ3n) is 5.41. The zero-order chi connectivity index (χ0) is 24.5. The van der Waals surface area contributed by atoms with Crippen LogP contribution in [0.3, 0.4) is 0 Å². The van der Waals surface area contributed by atoms with E-state index in [1.54, 1.807) is 29.2 Å². The maximum absolute atomic E-state index is 12.4. The van der Waals surface area contributed by atoms with Gasteiger partial charge in [-0.25, -0.2) is 0 Å². The molecule has 1 saturated heterocycles. The predicted molar refractivity (Wildman–Crippen MR) is 129 cm³/mol. The Labute approximate surface area is 198 Å². The number of aryl methyl sites for hydroxylation is 1. The molecule has 0 spiro atoms. The monoisotopic (exact) mass is 466 g/mol. The van der Waals surface area contributed by atoms with Crippen molar-refractivity contribution in [2.75, 3.05) is 36.5 Å². The Morgan fingerprint density at radius 2 is 1.65 bits per heavy atom. The third-order valence-corrected chi connectivity index (χ3v) is 5.41. The first kappa shape index (κ1) is 24.8. The van der Waals surface area contributed by atoms with Crippen LogP contribution >= 0.6 is 0 Å². The summed E-state index contributed by atoms with van der Waals surface area (Å²) in [5.74, 6) is -1.53. The van der Waals surface area contributed by atoms with Crippen LogP contribution in [0.1, 0.15) is 25.3 Å². The van der Waals surface area contributed by atoms with E-state index in [2.05, 4.69) is 16.0 Å². The maximum atomic E-state index is 12.4. The molecule has 3 N–H and O–H groups in total. The van der Waals surface area contributed by atoms with Crippen molar-refractivity contribution in [3.63, 3.8) is 0 Å². The smallest absolute Gasteiger partial charge is 0.313 e. The molecule has 0 saturated carbocycles. The van der Waals surface area contributed by atoms with E-state index in [0.29, 0.717) is 37.6 Å². The van der Waals surface area contributed by atoms with Crippen molar-refractivity contribution in [1.82, 2.24) is 10.6 Å². The Bertz CT molecular complexity index is 1020. The number of benzene rings is 2. The molecule has 2 aromatic carbocycles. The number of hydrogen-bond acceptors (Lipinski definition) is 5. The summed E-state index contributed by atoms with van der Waals surface area (Å²) in [6, 6.07) is 14.3. The lowest BCUT2D eigenvalue weighted by Gasteiger charge is -2.17. The molecule has 180 valence electrons. The fraction of sp³-hybridized carbons (Fsp3) is 0.360. The van der Waals surface area contributed by atoms with E-state index in [0.717, 1.165) is 11.3 Å². The minimum absolute atomic E-state index is 0.0743. The van der Waals surface area contributed by atoms with Crippen molar-refractivity contribution in [2.45, 2.75) is 26.7 Å². The number of amides is 4. The van der Waals surface area contributed by atoms with Crippen molar-refractivity contribution in [2.24, 2.45) is 5.92 Å². The van der Waals surface area contributed by atoms with Crippen LogP contribution in [0.25, 0.3) is 0 Å². The largest absolute Gasteiger partial charge is 0.494 e. The Kier molecular flexibility index (Phi) is 8.61. The number of nitrogens with one attached hydrogen (secondary N) is 3. The molecule has 0 radical (unpaired) electrons. The minimum atomic E-state index is -0.770. The Morgan fingerprint density at radius 1 is 0.971 bits per heavy atom. The van der Waals surface area contributed by atoms with Crippen molar-refractivity contribution >= 4 is 35.0 Å². The number of anilines is 2. The van der Waals surface area contributed by atoms with Crippen molar-refractivity contribution < 1.29 is 23.9 Å². The molecular weight excluding hydrogens is 436 g/mol. The topological polar surface area (TPSA) is 117 Å². The average Bonchev–Trinajstić information content (AvgIpc) is 3.22. The van der Waals surface area contributed by atoms with Gasteiger partial charge in [-0.05, 0) is 56.7 Å². The predicted octanol–water partition coefficient (Wildman–Crippen LogP) is 2.01. The van der Waals surface area contributed by atoms with E-state index in [4.69, 9.17) is 4.74 Å². The molecule has 9 nitrogen and oxygen atoms in total. The Balaban J connectivity index is 1.33. The molecule has 34 heavy (non-hydrogen) atoms. The number of nitrogens with zero attached hydrogens (tertiary/aromatic N) is 1. The summed E-state index contributed by atoms with van der Waals surface area (Å²) in [6.45, 7) is 5.29. The van der Waals surface area contributed by atoms with E-state index in [-0.39, 0.29) is 24.8 Å². The van der Waals surface area contributed by atoms with E-state index >= 15 is 0 Å². The van der Waals surface area contributed by atoms with Gasteiger partial charge in [0.1, 0.15) is 5.75 Å². The summed E-state index contributed by atoms with van der Waals surface area (Å²) < 4.78 is 5.33. The van der Waals surface area contributed by atoms with Crippen LogP contribution in [0.4, 0.5) is 11.4 Å². The summed E-state index contributed by atoms with van der Waals surface area (Å²) in [7, 11) is 0. The molecule has 1 aliphatic rings. The van der Waals surface area contributed by atoms with Gasteiger partial charge in [-0.15, -0.1) is 0 Å². The van der Waals surface area contributed by atoms with Gasteiger partial charge in [0.05, 0.1) is 12.5 Å². The molecule has 0 aliphatic carbocycles. The second kappa shape index (κ2) is 11.8. The van der Waals surface area contributed by atoms with Gasteiger partial charge in [0.25, 0.3) is 0 Å². The summed E-state index contributed by atoms with van der Waals surface area (Å²) in [4.78, 5) is 50.4. The molecule has 0 aromatic heterocycles. The van der Waals surface area contributed by atoms with Crippen LogP contribution in [-0.2, 0) is 19.2 Å². The van der Waals surface area contributed by atoms with E-state index < -0.39 is 17.7 Å². The second-order valence-electron chi connectivity index (χ2n) is 8.05. The van der Waals surface area contributed by atoms with Gasteiger partial charge < -0.3 is 25.6 Å². The van der Waals surface area contributed by atoms with E-state index in [9.17, 15) is 19.2 Å². The van der Waals surface area contributed by atoms with Gasteiger partial charge >= 0.3 is 11.8 Å². The highest BCUT2D eigenvalue weighted by molar-refractivity contribution is 6.39. The van der Waals surface area contributed by atoms with Gasteiger partial charge in [0.2, 0.25) is 11.8 Å². The van der Waals surface area contributed by atoms with Crippen LogP contribution in [0, 0.1) is 12.8 Å².